The number of rotatable bonds is 2. The van der Waals surface area contributed by atoms with Gasteiger partial charge in [-0.3, -0.25) is 0 Å². The molecule has 2 saturated carbocycles. The molecule has 2 aliphatic rings. The van der Waals surface area contributed by atoms with E-state index in [4.69, 9.17) is 17.3 Å². The summed E-state index contributed by atoms with van der Waals surface area (Å²) in [5.41, 5.74) is 7.74. The lowest BCUT2D eigenvalue weighted by Gasteiger charge is -2.25. The largest absolute Gasteiger partial charge is 0.327 e. The third-order valence-corrected chi connectivity index (χ3v) is 4.85. The molecule has 2 fully saturated rings. The first-order chi connectivity index (χ1) is 7.75. The van der Waals surface area contributed by atoms with Gasteiger partial charge in [0.15, 0.2) is 0 Å². The molecule has 86 valence electrons. The SMILES string of the molecule is N[C@@H]1CC1(c1ccccc1Cl)C1CCCC1. The third-order valence-electron chi connectivity index (χ3n) is 4.52. The molecule has 2 aliphatic carbocycles. The van der Waals surface area contributed by atoms with Gasteiger partial charge in [0, 0.05) is 16.5 Å². The van der Waals surface area contributed by atoms with Crippen LogP contribution >= 0.6 is 11.6 Å². The van der Waals surface area contributed by atoms with Gasteiger partial charge in [0.1, 0.15) is 0 Å². The zero-order chi connectivity index (χ0) is 11.2. The van der Waals surface area contributed by atoms with Crippen LogP contribution in [0.2, 0.25) is 5.02 Å². The molecule has 0 bridgehead atoms. The minimum absolute atomic E-state index is 0.217. The van der Waals surface area contributed by atoms with Crippen molar-refractivity contribution >= 4 is 11.6 Å². The molecule has 1 nitrogen and oxygen atoms in total. The van der Waals surface area contributed by atoms with E-state index in [9.17, 15) is 0 Å². The second-order valence-corrected chi connectivity index (χ2v) is 5.72. The zero-order valence-corrected chi connectivity index (χ0v) is 10.2. The second kappa shape index (κ2) is 3.75. The Hall–Kier alpha value is -0.530. The van der Waals surface area contributed by atoms with Crippen molar-refractivity contribution < 1.29 is 0 Å². The van der Waals surface area contributed by atoms with E-state index in [2.05, 4.69) is 12.1 Å². The van der Waals surface area contributed by atoms with E-state index in [0.29, 0.717) is 6.04 Å². The summed E-state index contributed by atoms with van der Waals surface area (Å²) in [7, 11) is 0. The Morgan fingerprint density at radius 3 is 2.38 bits per heavy atom. The summed E-state index contributed by atoms with van der Waals surface area (Å²) in [5.74, 6) is 0.766. The van der Waals surface area contributed by atoms with Gasteiger partial charge in [0.05, 0.1) is 0 Å². The Balaban J connectivity index is 1.99. The monoisotopic (exact) mass is 235 g/mol. The molecule has 16 heavy (non-hydrogen) atoms. The van der Waals surface area contributed by atoms with Crippen molar-refractivity contribution in [2.75, 3.05) is 0 Å². The fourth-order valence-electron chi connectivity index (χ4n) is 3.58. The zero-order valence-electron chi connectivity index (χ0n) is 9.45. The predicted molar refractivity (Wildman–Crippen MR) is 67.7 cm³/mol. The molecule has 2 heteroatoms. The Labute approximate surface area is 102 Å². The van der Waals surface area contributed by atoms with Gasteiger partial charge in [-0.25, -0.2) is 0 Å². The van der Waals surface area contributed by atoms with Crippen molar-refractivity contribution in [3.05, 3.63) is 34.9 Å². The van der Waals surface area contributed by atoms with Gasteiger partial charge >= 0.3 is 0 Å². The van der Waals surface area contributed by atoms with E-state index < -0.39 is 0 Å². The van der Waals surface area contributed by atoms with Crippen LogP contribution in [0, 0.1) is 5.92 Å². The molecule has 0 heterocycles. The molecule has 0 aromatic heterocycles. The van der Waals surface area contributed by atoms with Crippen LogP contribution in [0.4, 0.5) is 0 Å². The molecule has 0 amide bonds. The van der Waals surface area contributed by atoms with Gasteiger partial charge in [-0.05, 0) is 36.8 Å². The van der Waals surface area contributed by atoms with Crippen molar-refractivity contribution in [2.45, 2.75) is 43.6 Å². The van der Waals surface area contributed by atoms with E-state index in [1.54, 1.807) is 0 Å². The summed E-state index contributed by atoms with van der Waals surface area (Å²) in [5, 5.41) is 0.905. The van der Waals surface area contributed by atoms with Crippen molar-refractivity contribution in [3.63, 3.8) is 0 Å². The van der Waals surface area contributed by atoms with Crippen LogP contribution in [0.15, 0.2) is 24.3 Å². The molecule has 3 rings (SSSR count). The van der Waals surface area contributed by atoms with Crippen LogP contribution in [0.25, 0.3) is 0 Å². The summed E-state index contributed by atoms with van der Waals surface area (Å²) < 4.78 is 0. The van der Waals surface area contributed by atoms with Gasteiger partial charge in [-0.1, -0.05) is 42.6 Å². The Bertz CT molecular complexity index is 397. The molecule has 1 aromatic rings. The van der Waals surface area contributed by atoms with E-state index in [-0.39, 0.29) is 5.41 Å². The normalized spacial score (nSPS) is 34.2. The molecule has 0 spiro atoms. The van der Waals surface area contributed by atoms with E-state index in [0.717, 1.165) is 17.4 Å². The average Bonchev–Trinajstić information content (AvgIpc) is 2.76. The maximum Gasteiger partial charge on any atom is 0.0444 e. The lowest BCUT2D eigenvalue weighted by Crippen LogP contribution is -2.26. The summed E-state index contributed by atoms with van der Waals surface area (Å²) in [6.07, 6.45) is 6.52. The lowest BCUT2D eigenvalue weighted by molar-refractivity contribution is 0.404. The highest BCUT2D eigenvalue weighted by molar-refractivity contribution is 6.31. The smallest absolute Gasteiger partial charge is 0.0444 e. The van der Waals surface area contributed by atoms with Crippen LogP contribution in [0.1, 0.15) is 37.7 Å². The van der Waals surface area contributed by atoms with Gasteiger partial charge in [0.2, 0.25) is 0 Å². The second-order valence-electron chi connectivity index (χ2n) is 5.31. The maximum absolute atomic E-state index is 6.34. The number of hydrogen-bond acceptors (Lipinski definition) is 1. The first-order valence-electron chi connectivity index (χ1n) is 6.26. The number of nitrogens with two attached hydrogens (primary N) is 1. The third kappa shape index (κ3) is 1.42. The predicted octanol–water partition coefficient (Wildman–Crippen LogP) is 3.50. The molecule has 2 atom stereocenters. The quantitative estimate of drug-likeness (QED) is 0.834. The van der Waals surface area contributed by atoms with Crippen LogP contribution in [-0.4, -0.2) is 6.04 Å². The summed E-state index contributed by atoms with van der Waals surface area (Å²) in [6, 6.07) is 8.59. The Morgan fingerprint density at radius 2 is 1.81 bits per heavy atom. The Kier molecular flexibility index (Phi) is 2.49. The lowest BCUT2D eigenvalue weighted by atomic mass is 9.81. The number of halogens is 1. The van der Waals surface area contributed by atoms with Gasteiger partial charge < -0.3 is 5.73 Å². The van der Waals surface area contributed by atoms with Crippen molar-refractivity contribution in [1.82, 2.24) is 0 Å². The van der Waals surface area contributed by atoms with Gasteiger partial charge in [0.25, 0.3) is 0 Å². The van der Waals surface area contributed by atoms with E-state index in [1.807, 2.05) is 12.1 Å². The summed E-state index contributed by atoms with van der Waals surface area (Å²) in [6.45, 7) is 0. The molecule has 1 unspecified atom stereocenters. The van der Waals surface area contributed by atoms with Crippen LogP contribution in [-0.2, 0) is 5.41 Å². The molecule has 0 aliphatic heterocycles. The number of hydrogen-bond donors (Lipinski definition) is 1. The minimum atomic E-state index is 0.217. The highest BCUT2D eigenvalue weighted by Gasteiger charge is 2.58. The Morgan fingerprint density at radius 1 is 1.19 bits per heavy atom. The highest BCUT2D eigenvalue weighted by Crippen LogP contribution is 2.58. The molecule has 0 saturated heterocycles. The molecular formula is C14H18ClN. The topological polar surface area (TPSA) is 26.0 Å². The molecular weight excluding hydrogens is 218 g/mol. The van der Waals surface area contributed by atoms with Crippen molar-refractivity contribution in [1.29, 1.82) is 0 Å². The fraction of sp³-hybridized carbons (Fsp3) is 0.571. The first kappa shape index (κ1) is 10.6. The average molecular weight is 236 g/mol. The van der Waals surface area contributed by atoms with Crippen LogP contribution in [0.3, 0.4) is 0 Å². The van der Waals surface area contributed by atoms with E-state index in [1.165, 1.54) is 31.2 Å². The summed E-state index contributed by atoms with van der Waals surface area (Å²) in [4.78, 5) is 0. The molecule has 0 radical (unpaired) electrons. The van der Waals surface area contributed by atoms with Crippen molar-refractivity contribution in [2.24, 2.45) is 11.7 Å². The molecule has 2 N–H and O–H groups in total. The van der Waals surface area contributed by atoms with Crippen molar-refractivity contribution in [3.8, 4) is 0 Å². The minimum Gasteiger partial charge on any atom is -0.327 e. The standard InChI is InChI=1S/C14H18ClN/c15-12-8-4-3-7-11(12)14(9-13(14)16)10-5-1-2-6-10/h3-4,7-8,10,13H,1-2,5-6,9,16H2/t13-,14?/m1/s1. The molecule has 1 aromatic carbocycles. The van der Waals surface area contributed by atoms with Crippen LogP contribution in [0.5, 0.6) is 0 Å². The maximum atomic E-state index is 6.34. The first-order valence-corrected chi connectivity index (χ1v) is 6.63. The van der Waals surface area contributed by atoms with E-state index >= 15 is 0 Å². The summed E-state index contributed by atoms with van der Waals surface area (Å²) >= 11 is 6.34. The fourth-order valence-corrected chi connectivity index (χ4v) is 3.90. The highest BCUT2D eigenvalue weighted by atomic mass is 35.5. The number of benzene rings is 1. The van der Waals surface area contributed by atoms with Crippen LogP contribution < -0.4 is 5.73 Å². The van der Waals surface area contributed by atoms with Gasteiger partial charge in [-0.2, -0.15) is 0 Å². The van der Waals surface area contributed by atoms with Gasteiger partial charge in [-0.15, -0.1) is 0 Å².